The fourth-order valence-corrected chi connectivity index (χ4v) is 2.55. The van der Waals surface area contributed by atoms with E-state index in [-0.39, 0.29) is 42.3 Å². The van der Waals surface area contributed by atoms with Gasteiger partial charge in [0, 0.05) is 18.5 Å². The van der Waals surface area contributed by atoms with Gasteiger partial charge in [0.25, 0.3) is 0 Å². The minimum absolute atomic E-state index is 0.194. The van der Waals surface area contributed by atoms with Crippen molar-refractivity contribution in [2.24, 2.45) is 0 Å². The van der Waals surface area contributed by atoms with Gasteiger partial charge in [0.1, 0.15) is 0 Å². The van der Waals surface area contributed by atoms with Crippen LogP contribution in [0.4, 0.5) is 23.7 Å². The highest BCUT2D eigenvalue weighted by Crippen LogP contribution is 2.32. The zero-order valence-corrected chi connectivity index (χ0v) is 13.2. The average Bonchev–Trinajstić information content (AvgIpc) is 2.54. The third-order valence-electron chi connectivity index (χ3n) is 3.92. The maximum Gasteiger partial charge on any atom is 0.416 e. The minimum atomic E-state index is -4.49. The van der Waals surface area contributed by atoms with Gasteiger partial charge in [-0.1, -0.05) is 0 Å². The first-order valence-electron chi connectivity index (χ1n) is 7.58. The Hall–Kier alpha value is -3.11. The highest BCUT2D eigenvalue weighted by atomic mass is 19.4. The van der Waals surface area contributed by atoms with E-state index in [2.05, 4.69) is 20.8 Å². The molecule has 138 valence electrons. The Labute approximate surface area is 145 Å². The molecular formula is C15H14F3N5O3. The van der Waals surface area contributed by atoms with Crippen LogP contribution in [0.25, 0.3) is 10.9 Å². The van der Waals surface area contributed by atoms with Gasteiger partial charge in [0.2, 0.25) is 5.91 Å². The molecule has 1 aromatic carbocycles. The largest absolute Gasteiger partial charge is 0.465 e. The topological polar surface area (TPSA) is 107 Å². The Morgan fingerprint density at radius 2 is 2.04 bits per heavy atom. The van der Waals surface area contributed by atoms with E-state index < -0.39 is 23.7 Å². The van der Waals surface area contributed by atoms with Crippen molar-refractivity contribution in [2.45, 2.75) is 12.2 Å². The number of carboxylic acid groups (broad SMARTS) is 1. The first-order valence-corrected chi connectivity index (χ1v) is 7.58. The summed E-state index contributed by atoms with van der Waals surface area (Å²) in [6.45, 7) is 0.214. The Morgan fingerprint density at radius 3 is 2.69 bits per heavy atom. The van der Waals surface area contributed by atoms with Crippen LogP contribution in [-0.4, -0.2) is 57.9 Å². The Morgan fingerprint density at radius 1 is 1.31 bits per heavy atom. The number of halogens is 3. The highest BCUT2D eigenvalue weighted by molar-refractivity contribution is 5.92. The first kappa shape index (κ1) is 17.7. The number of hydrogen-bond donors (Lipinski definition) is 3. The summed E-state index contributed by atoms with van der Waals surface area (Å²) < 4.78 is 38.6. The summed E-state index contributed by atoms with van der Waals surface area (Å²) in [5.41, 5.74) is -0.315. The first-order chi connectivity index (χ1) is 12.2. The molecule has 0 bridgehead atoms. The molecule has 3 rings (SSSR count). The highest BCUT2D eigenvalue weighted by Gasteiger charge is 2.32. The number of carbonyl (C=O) groups is 2. The monoisotopic (exact) mass is 369 g/mol. The van der Waals surface area contributed by atoms with Crippen molar-refractivity contribution in [1.29, 1.82) is 0 Å². The third kappa shape index (κ3) is 3.76. The molecule has 0 radical (unpaired) electrons. The molecule has 1 fully saturated rings. The van der Waals surface area contributed by atoms with Crippen molar-refractivity contribution in [3.8, 4) is 0 Å². The van der Waals surface area contributed by atoms with Gasteiger partial charge in [-0.05, 0) is 18.2 Å². The molecule has 2 aromatic rings. The van der Waals surface area contributed by atoms with Crippen molar-refractivity contribution in [1.82, 2.24) is 20.4 Å². The number of fused-ring (bicyclic) bond motifs is 1. The number of aromatic nitrogens is 2. The van der Waals surface area contributed by atoms with Crippen LogP contribution in [0.15, 0.2) is 24.4 Å². The molecule has 2 amide bonds. The molecule has 26 heavy (non-hydrogen) atoms. The molecule has 1 saturated heterocycles. The Bertz CT molecular complexity index is 852. The summed E-state index contributed by atoms with van der Waals surface area (Å²) in [6, 6.07) is 2.80. The summed E-state index contributed by atoms with van der Waals surface area (Å²) in [5.74, 6) is -0.406. The number of nitrogens with one attached hydrogen (secondary N) is 2. The molecule has 2 heterocycles. The number of hydrogen-bond acceptors (Lipinski definition) is 5. The van der Waals surface area contributed by atoms with Gasteiger partial charge in [-0.3, -0.25) is 4.79 Å². The number of nitrogens with zero attached hydrogens (tertiary/aromatic N) is 3. The van der Waals surface area contributed by atoms with Crippen molar-refractivity contribution in [3.05, 3.63) is 30.0 Å². The van der Waals surface area contributed by atoms with E-state index in [0.717, 1.165) is 17.0 Å². The zero-order valence-electron chi connectivity index (χ0n) is 13.2. The van der Waals surface area contributed by atoms with Crippen molar-refractivity contribution in [2.75, 3.05) is 25.0 Å². The van der Waals surface area contributed by atoms with Crippen LogP contribution in [0.1, 0.15) is 5.56 Å². The molecule has 3 N–H and O–H groups in total. The quantitative estimate of drug-likeness (QED) is 0.755. The lowest BCUT2D eigenvalue weighted by molar-refractivity contribution is -0.137. The van der Waals surface area contributed by atoms with Gasteiger partial charge in [-0.2, -0.15) is 23.4 Å². The molecule has 8 nitrogen and oxygen atoms in total. The number of rotatable bonds is 4. The second-order valence-corrected chi connectivity index (χ2v) is 5.79. The summed E-state index contributed by atoms with van der Waals surface area (Å²) in [6.07, 6.45) is -4.30. The molecule has 0 atom stereocenters. The second-order valence-electron chi connectivity index (χ2n) is 5.79. The fourth-order valence-electron chi connectivity index (χ4n) is 2.55. The van der Waals surface area contributed by atoms with Crippen LogP contribution in [0.3, 0.4) is 0 Å². The second kappa shape index (κ2) is 6.65. The number of amides is 2. The van der Waals surface area contributed by atoms with Crippen LogP contribution in [0, 0.1) is 0 Å². The number of carbonyl (C=O) groups excluding carboxylic acids is 1. The lowest BCUT2D eigenvalue weighted by Gasteiger charge is -2.37. The van der Waals surface area contributed by atoms with E-state index in [9.17, 15) is 22.8 Å². The smallest absolute Gasteiger partial charge is 0.416 e. The van der Waals surface area contributed by atoms with E-state index in [0.29, 0.717) is 0 Å². The van der Waals surface area contributed by atoms with Crippen LogP contribution in [0.2, 0.25) is 0 Å². The summed E-state index contributed by atoms with van der Waals surface area (Å²) >= 11 is 0. The molecular weight excluding hydrogens is 355 g/mol. The van der Waals surface area contributed by atoms with Gasteiger partial charge in [0.15, 0.2) is 0 Å². The van der Waals surface area contributed by atoms with Crippen LogP contribution in [0.5, 0.6) is 0 Å². The number of likely N-dealkylation sites (tertiary alicyclic amines) is 1. The molecule has 0 saturated carbocycles. The molecule has 1 aromatic heterocycles. The summed E-state index contributed by atoms with van der Waals surface area (Å²) in [4.78, 5) is 23.7. The molecule has 0 aliphatic carbocycles. The van der Waals surface area contributed by atoms with E-state index in [1.54, 1.807) is 0 Å². The van der Waals surface area contributed by atoms with E-state index in [1.807, 2.05) is 0 Å². The maximum absolute atomic E-state index is 12.9. The maximum atomic E-state index is 12.9. The van der Waals surface area contributed by atoms with Crippen molar-refractivity contribution >= 4 is 28.6 Å². The van der Waals surface area contributed by atoms with Gasteiger partial charge in [0.05, 0.1) is 35.6 Å². The third-order valence-corrected chi connectivity index (χ3v) is 3.92. The molecule has 0 unspecified atom stereocenters. The van der Waals surface area contributed by atoms with Crippen LogP contribution in [-0.2, 0) is 11.0 Å². The minimum Gasteiger partial charge on any atom is -0.465 e. The lowest BCUT2D eigenvalue weighted by atomic mass is 10.1. The number of benzene rings is 1. The van der Waals surface area contributed by atoms with E-state index in [1.165, 1.54) is 12.3 Å². The Balaban J connectivity index is 1.65. The SMILES string of the molecule is O=C(CNc1cnnc2ccc(C(F)(F)F)cc12)NC1CN(C(=O)O)C1. The zero-order chi connectivity index (χ0) is 18.9. The number of alkyl halides is 3. The predicted octanol–water partition coefficient (Wildman–Crippen LogP) is 1.54. The van der Waals surface area contributed by atoms with Gasteiger partial charge >= 0.3 is 12.3 Å². The number of anilines is 1. The van der Waals surface area contributed by atoms with Crippen LogP contribution >= 0.6 is 0 Å². The standard InChI is InChI=1S/C15H14F3N5O3/c16-15(17,18)8-1-2-11-10(3-8)12(4-20-22-11)19-5-13(24)21-9-6-23(7-9)14(25)26/h1-4,9H,5-7H2,(H,19,22)(H,21,24)(H,25,26). The van der Waals surface area contributed by atoms with Gasteiger partial charge in [-0.25, -0.2) is 4.79 Å². The van der Waals surface area contributed by atoms with E-state index in [4.69, 9.17) is 5.11 Å². The predicted molar refractivity (Wildman–Crippen MR) is 84.6 cm³/mol. The summed E-state index contributed by atoms with van der Waals surface area (Å²) in [7, 11) is 0. The van der Waals surface area contributed by atoms with Crippen molar-refractivity contribution in [3.63, 3.8) is 0 Å². The molecule has 0 spiro atoms. The van der Waals surface area contributed by atoms with Gasteiger partial charge < -0.3 is 20.6 Å². The van der Waals surface area contributed by atoms with Crippen LogP contribution < -0.4 is 10.6 Å². The molecule has 1 aliphatic rings. The van der Waals surface area contributed by atoms with Gasteiger partial charge in [-0.15, -0.1) is 0 Å². The normalized spacial score (nSPS) is 14.8. The molecule has 11 heteroatoms. The lowest BCUT2D eigenvalue weighted by Crippen LogP contribution is -2.61. The fraction of sp³-hybridized carbons (Fsp3) is 0.333. The van der Waals surface area contributed by atoms with E-state index >= 15 is 0 Å². The molecule has 1 aliphatic heterocycles. The summed E-state index contributed by atoms with van der Waals surface area (Å²) in [5, 5.41) is 21.8. The Kier molecular flexibility index (Phi) is 4.53. The van der Waals surface area contributed by atoms with Crippen molar-refractivity contribution < 1.29 is 27.9 Å². The average molecular weight is 369 g/mol.